The summed E-state index contributed by atoms with van der Waals surface area (Å²) in [6.07, 6.45) is 2.26. The van der Waals surface area contributed by atoms with Crippen molar-refractivity contribution >= 4 is 23.4 Å². The second-order valence-corrected chi connectivity index (χ2v) is 5.59. The zero-order valence-electron chi connectivity index (χ0n) is 13.1. The second kappa shape index (κ2) is 7.08. The van der Waals surface area contributed by atoms with Crippen LogP contribution in [0.15, 0.2) is 42.5 Å². The second-order valence-electron chi connectivity index (χ2n) is 5.59. The van der Waals surface area contributed by atoms with Crippen LogP contribution in [0.3, 0.4) is 0 Å². The molecule has 124 valence electrons. The van der Waals surface area contributed by atoms with E-state index < -0.39 is 18.4 Å². The van der Waals surface area contributed by atoms with Crippen LogP contribution in [0.4, 0.5) is 11.5 Å². The number of amides is 1. The lowest BCUT2D eigenvalue weighted by atomic mass is 10.2. The Balaban J connectivity index is 1.82. The zero-order chi connectivity index (χ0) is 16.9. The van der Waals surface area contributed by atoms with Gasteiger partial charge in [-0.15, -0.1) is 10.2 Å². The molecule has 24 heavy (non-hydrogen) atoms. The highest BCUT2D eigenvalue weighted by atomic mass is 16.4. The van der Waals surface area contributed by atoms with Gasteiger partial charge < -0.3 is 10.0 Å². The van der Waals surface area contributed by atoms with Crippen molar-refractivity contribution < 1.29 is 14.7 Å². The minimum Gasteiger partial charge on any atom is -0.480 e. The van der Waals surface area contributed by atoms with Gasteiger partial charge >= 0.3 is 5.97 Å². The molecule has 0 atom stereocenters. The van der Waals surface area contributed by atoms with Crippen molar-refractivity contribution in [3.05, 3.63) is 48.2 Å². The van der Waals surface area contributed by atoms with Crippen molar-refractivity contribution in [1.29, 1.82) is 0 Å². The molecule has 1 aromatic heterocycles. The molecule has 0 bridgehead atoms. The number of benzene rings is 1. The third-order valence-electron chi connectivity index (χ3n) is 3.91. The van der Waals surface area contributed by atoms with Crippen molar-refractivity contribution in [1.82, 2.24) is 10.2 Å². The number of carboxylic acids is 1. The van der Waals surface area contributed by atoms with E-state index in [1.165, 1.54) is 4.90 Å². The van der Waals surface area contributed by atoms with Crippen molar-refractivity contribution in [3.8, 4) is 0 Å². The van der Waals surface area contributed by atoms with Crippen LogP contribution in [0.1, 0.15) is 23.3 Å². The lowest BCUT2D eigenvalue weighted by Crippen LogP contribution is -2.36. The molecule has 2 heterocycles. The largest absolute Gasteiger partial charge is 0.480 e. The molecule has 1 aliphatic heterocycles. The van der Waals surface area contributed by atoms with E-state index >= 15 is 0 Å². The summed E-state index contributed by atoms with van der Waals surface area (Å²) in [5, 5.41) is 17.2. The maximum Gasteiger partial charge on any atom is 0.323 e. The van der Waals surface area contributed by atoms with Crippen LogP contribution in [0.25, 0.3) is 0 Å². The quantitative estimate of drug-likeness (QED) is 0.902. The van der Waals surface area contributed by atoms with Gasteiger partial charge in [-0.1, -0.05) is 18.2 Å². The van der Waals surface area contributed by atoms with E-state index in [4.69, 9.17) is 5.11 Å². The number of rotatable bonds is 5. The fourth-order valence-corrected chi connectivity index (χ4v) is 2.72. The Morgan fingerprint density at radius 2 is 1.75 bits per heavy atom. The van der Waals surface area contributed by atoms with Crippen LogP contribution in [0.5, 0.6) is 0 Å². The summed E-state index contributed by atoms with van der Waals surface area (Å²) < 4.78 is 0. The Kier molecular flexibility index (Phi) is 4.69. The molecule has 1 N–H and O–H groups in total. The van der Waals surface area contributed by atoms with Gasteiger partial charge in [-0.2, -0.15) is 0 Å². The van der Waals surface area contributed by atoms with E-state index in [0.29, 0.717) is 5.69 Å². The van der Waals surface area contributed by atoms with Gasteiger partial charge in [0.25, 0.3) is 5.91 Å². The van der Waals surface area contributed by atoms with E-state index in [0.717, 1.165) is 31.7 Å². The summed E-state index contributed by atoms with van der Waals surface area (Å²) >= 11 is 0. The molecule has 1 fully saturated rings. The highest BCUT2D eigenvalue weighted by Crippen LogP contribution is 2.19. The Hall–Kier alpha value is -2.96. The van der Waals surface area contributed by atoms with Crippen molar-refractivity contribution in [3.63, 3.8) is 0 Å². The number of para-hydroxylation sites is 1. The summed E-state index contributed by atoms with van der Waals surface area (Å²) in [4.78, 5) is 27.1. The van der Waals surface area contributed by atoms with Gasteiger partial charge in [0.15, 0.2) is 11.5 Å². The van der Waals surface area contributed by atoms with Crippen LogP contribution >= 0.6 is 0 Å². The maximum absolute atomic E-state index is 12.7. The standard InChI is InChI=1S/C17H18N4O3/c22-16(23)12-21(13-6-2-1-3-7-13)17(24)14-8-9-15(19-18-14)20-10-4-5-11-20/h1-3,6-9H,4-5,10-12H2,(H,22,23). The summed E-state index contributed by atoms with van der Waals surface area (Å²) in [6.45, 7) is 1.45. The Morgan fingerprint density at radius 1 is 1.04 bits per heavy atom. The first-order chi connectivity index (χ1) is 11.6. The van der Waals surface area contributed by atoms with Crippen LogP contribution < -0.4 is 9.80 Å². The smallest absolute Gasteiger partial charge is 0.323 e. The van der Waals surface area contributed by atoms with Crippen molar-refractivity contribution in [2.75, 3.05) is 29.4 Å². The van der Waals surface area contributed by atoms with Gasteiger partial charge in [-0.25, -0.2) is 0 Å². The van der Waals surface area contributed by atoms with E-state index in [-0.39, 0.29) is 5.69 Å². The average Bonchev–Trinajstić information content (AvgIpc) is 3.14. The first kappa shape index (κ1) is 15.9. The lowest BCUT2D eigenvalue weighted by molar-refractivity contribution is -0.135. The number of carbonyl (C=O) groups is 2. The topological polar surface area (TPSA) is 86.6 Å². The molecular weight excluding hydrogens is 308 g/mol. The number of aromatic nitrogens is 2. The number of hydrogen-bond donors (Lipinski definition) is 1. The van der Waals surface area contributed by atoms with E-state index in [9.17, 15) is 9.59 Å². The predicted octanol–water partition coefficient (Wildman–Crippen LogP) is 1.81. The summed E-state index contributed by atoms with van der Waals surface area (Å²) in [5.41, 5.74) is 0.637. The zero-order valence-corrected chi connectivity index (χ0v) is 13.1. The molecule has 0 unspecified atom stereocenters. The number of carbonyl (C=O) groups excluding carboxylic acids is 1. The molecule has 0 saturated carbocycles. The van der Waals surface area contributed by atoms with E-state index in [2.05, 4.69) is 15.1 Å². The third kappa shape index (κ3) is 3.51. The molecule has 1 saturated heterocycles. The normalized spacial score (nSPS) is 13.8. The number of hydrogen-bond acceptors (Lipinski definition) is 5. The number of nitrogens with zero attached hydrogens (tertiary/aromatic N) is 4. The highest BCUT2D eigenvalue weighted by molar-refractivity contribution is 6.06. The third-order valence-corrected chi connectivity index (χ3v) is 3.91. The first-order valence-electron chi connectivity index (χ1n) is 7.82. The monoisotopic (exact) mass is 326 g/mol. The van der Waals surface area contributed by atoms with Gasteiger partial charge in [0.2, 0.25) is 0 Å². The van der Waals surface area contributed by atoms with Crippen molar-refractivity contribution in [2.24, 2.45) is 0 Å². The molecule has 3 rings (SSSR count). The van der Waals surface area contributed by atoms with Crippen molar-refractivity contribution in [2.45, 2.75) is 12.8 Å². The summed E-state index contributed by atoms with van der Waals surface area (Å²) in [5.74, 6) is -0.827. The van der Waals surface area contributed by atoms with Crippen LogP contribution in [-0.2, 0) is 4.79 Å². The fraction of sp³-hybridized carbons (Fsp3) is 0.294. The van der Waals surface area contributed by atoms with Gasteiger partial charge in [-0.05, 0) is 37.1 Å². The van der Waals surface area contributed by atoms with Crippen LogP contribution in [-0.4, -0.2) is 46.8 Å². The van der Waals surface area contributed by atoms with E-state index in [1.54, 1.807) is 42.5 Å². The lowest BCUT2D eigenvalue weighted by Gasteiger charge is -2.20. The molecule has 0 radical (unpaired) electrons. The van der Waals surface area contributed by atoms with Crippen LogP contribution in [0.2, 0.25) is 0 Å². The molecular formula is C17H18N4O3. The molecule has 1 aliphatic rings. The molecule has 7 nitrogen and oxygen atoms in total. The molecule has 0 aliphatic carbocycles. The highest BCUT2D eigenvalue weighted by Gasteiger charge is 2.22. The molecule has 7 heteroatoms. The van der Waals surface area contributed by atoms with Gasteiger partial charge in [0, 0.05) is 18.8 Å². The molecule has 1 aromatic carbocycles. The molecule has 1 amide bonds. The SMILES string of the molecule is O=C(O)CN(C(=O)c1ccc(N2CCCC2)nn1)c1ccccc1. The fourth-order valence-electron chi connectivity index (χ4n) is 2.72. The first-order valence-corrected chi connectivity index (χ1v) is 7.82. The Morgan fingerprint density at radius 3 is 2.33 bits per heavy atom. The number of aliphatic carboxylic acids is 1. The van der Waals surface area contributed by atoms with Gasteiger partial charge in [0.05, 0.1) is 0 Å². The maximum atomic E-state index is 12.7. The van der Waals surface area contributed by atoms with E-state index in [1.807, 2.05) is 0 Å². The van der Waals surface area contributed by atoms with Gasteiger partial charge in [0.1, 0.15) is 6.54 Å². The summed E-state index contributed by atoms with van der Waals surface area (Å²) in [6, 6.07) is 12.0. The Bertz CT molecular complexity index is 712. The van der Waals surface area contributed by atoms with Gasteiger partial charge in [-0.3, -0.25) is 14.5 Å². The minimum absolute atomic E-state index is 0.128. The average molecular weight is 326 g/mol. The minimum atomic E-state index is -1.09. The Labute approximate surface area is 139 Å². The van der Waals surface area contributed by atoms with Crippen LogP contribution in [0, 0.1) is 0 Å². The molecule has 2 aromatic rings. The predicted molar refractivity (Wildman–Crippen MR) is 89.2 cm³/mol. The number of carboxylic acid groups (broad SMARTS) is 1. The number of anilines is 2. The molecule has 0 spiro atoms. The summed E-state index contributed by atoms with van der Waals surface area (Å²) in [7, 11) is 0.